The highest BCUT2D eigenvalue weighted by atomic mass is 14.6. The van der Waals surface area contributed by atoms with E-state index in [-0.39, 0.29) is 6.04 Å². The molecule has 1 aromatic rings. The third-order valence-corrected chi connectivity index (χ3v) is 2.43. The van der Waals surface area contributed by atoms with E-state index in [0.717, 1.165) is 12.8 Å². The van der Waals surface area contributed by atoms with Crippen molar-refractivity contribution in [3.8, 4) is 0 Å². The maximum absolute atomic E-state index is 6.08. The Morgan fingerprint density at radius 2 is 2.00 bits per heavy atom. The van der Waals surface area contributed by atoms with Crippen LogP contribution in [0.5, 0.6) is 0 Å². The zero-order valence-corrected chi connectivity index (χ0v) is 8.80. The van der Waals surface area contributed by atoms with Crippen LogP contribution in [0.15, 0.2) is 18.2 Å². The molecule has 0 aromatic heterocycles. The van der Waals surface area contributed by atoms with Gasteiger partial charge in [0.15, 0.2) is 0 Å². The lowest BCUT2D eigenvalue weighted by molar-refractivity contribution is 0.635. The fourth-order valence-electron chi connectivity index (χ4n) is 1.63. The Kier molecular flexibility index (Phi) is 3.49. The number of rotatable bonds is 3. The van der Waals surface area contributed by atoms with Crippen LogP contribution in [0.25, 0.3) is 0 Å². The van der Waals surface area contributed by atoms with E-state index in [1.54, 1.807) is 0 Å². The molecule has 0 saturated heterocycles. The van der Waals surface area contributed by atoms with Gasteiger partial charge in [0.25, 0.3) is 0 Å². The summed E-state index contributed by atoms with van der Waals surface area (Å²) in [4.78, 5) is 0. The van der Waals surface area contributed by atoms with Crippen LogP contribution in [0.3, 0.4) is 0 Å². The molecule has 0 aliphatic rings. The van der Waals surface area contributed by atoms with Gasteiger partial charge >= 0.3 is 0 Å². The van der Waals surface area contributed by atoms with Gasteiger partial charge in [0.1, 0.15) is 0 Å². The van der Waals surface area contributed by atoms with E-state index < -0.39 is 0 Å². The standard InChI is InChI=1S/C12H19N/c1-4-5-12(13)11-8-9(2)6-7-10(11)3/h6-8,12H,4-5,13H2,1-3H3/t12-/m1/s1. The molecule has 0 amide bonds. The maximum Gasteiger partial charge on any atom is 0.0297 e. The van der Waals surface area contributed by atoms with Crippen LogP contribution >= 0.6 is 0 Å². The van der Waals surface area contributed by atoms with E-state index in [1.165, 1.54) is 16.7 Å². The van der Waals surface area contributed by atoms with Crippen LogP contribution in [0, 0.1) is 13.8 Å². The van der Waals surface area contributed by atoms with E-state index in [1.807, 2.05) is 0 Å². The molecule has 1 atom stereocenters. The van der Waals surface area contributed by atoms with Gasteiger partial charge in [-0.1, -0.05) is 37.1 Å². The van der Waals surface area contributed by atoms with Gasteiger partial charge in [0.2, 0.25) is 0 Å². The zero-order chi connectivity index (χ0) is 9.84. The summed E-state index contributed by atoms with van der Waals surface area (Å²) < 4.78 is 0. The van der Waals surface area contributed by atoms with Crippen LogP contribution in [0.2, 0.25) is 0 Å². The lowest BCUT2D eigenvalue weighted by Crippen LogP contribution is -2.11. The summed E-state index contributed by atoms with van der Waals surface area (Å²) in [7, 11) is 0. The zero-order valence-electron chi connectivity index (χ0n) is 8.80. The van der Waals surface area contributed by atoms with E-state index in [9.17, 15) is 0 Å². The predicted octanol–water partition coefficient (Wildman–Crippen LogP) is 3.10. The normalized spacial score (nSPS) is 12.9. The van der Waals surface area contributed by atoms with Crippen molar-refractivity contribution in [3.05, 3.63) is 34.9 Å². The Morgan fingerprint density at radius 1 is 1.31 bits per heavy atom. The van der Waals surface area contributed by atoms with Gasteiger partial charge in [-0.15, -0.1) is 0 Å². The topological polar surface area (TPSA) is 26.0 Å². The molecule has 0 unspecified atom stereocenters. The lowest BCUT2D eigenvalue weighted by atomic mass is 9.97. The summed E-state index contributed by atoms with van der Waals surface area (Å²) in [5.41, 5.74) is 9.99. The summed E-state index contributed by atoms with van der Waals surface area (Å²) >= 11 is 0. The van der Waals surface area contributed by atoms with E-state index in [4.69, 9.17) is 5.73 Å². The highest BCUT2D eigenvalue weighted by Gasteiger charge is 2.07. The molecule has 1 rings (SSSR count). The second kappa shape index (κ2) is 4.43. The largest absolute Gasteiger partial charge is 0.324 e. The molecule has 0 heterocycles. The number of benzene rings is 1. The molecule has 2 N–H and O–H groups in total. The SMILES string of the molecule is CCC[C@@H](N)c1cc(C)ccc1C. The highest BCUT2D eigenvalue weighted by Crippen LogP contribution is 2.20. The Bertz CT molecular complexity index is 278. The molecule has 0 aliphatic heterocycles. The van der Waals surface area contributed by atoms with Crippen LogP contribution in [-0.4, -0.2) is 0 Å². The fourth-order valence-corrected chi connectivity index (χ4v) is 1.63. The Labute approximate surface area is 81.0 Å². The molecular formula is C12H19N. The van der Waals surface area contributed by atoms with Gasteiger partial charge in [-0.3, -0.25) is 0 Å². The van der Waals surface area contributed by atoms with Crippen molar-refractivity contribution >= 4 is 0 Å². The Morgan fingerprint density at radius 3 is 2.62 bits per heavy atom. The van der Waals surface area contributed by atoms with Crippen molar-refractivity contribution in [1.29, 1.82) is 0 Å². The second-order valence-corrected chi connectivity index (χ2v) is 3.76. The molecule has 1 aromatic carbocycles. The summed E-state index contributed by atoms with van der Waals surface area (Å²) in [5.74, 6) is 0. The van der Waals surface area contributed by atoms with Crippen LogP contribution < -0.4 is 5.73 Å². The number of hydrogen-bond acceptors (Lipinski definition) is 1. The average molecular weight is 177 g/mol. The minimum Gasteiger partial charge on any atom is -0.324 e. The van der Waals surface area contributed by atoms with Crippen molar-refractivity contribution in [1.82, 2.24) is 0 Å². The summed E-state index contributed by atoms with van der Waals surface area (Å²) in [6.45, 7) is 6.41. The molecule has 0 fully saturated rings. The van der Waals surface area contributed by atoms with Gasteiger partial charge < -0.3 is 5.73 Å². The molecule has 72 valence electrons. The smallest absolute Gasteiger partial charge is 0.0297 e. The first-order chi connectivity index (χ1) is 6.15. The predicted molar refractivity (Wildman–Crippen MR) is 57.8 cm³/mol. The monoisotopic (exact) mass is 177 g/mol. The van der Waals surface area contributed by atoms with Gasteiger partial charge in [-0.2, -0.15) is 0 Å². The average Bonchev–Trinajstić information content (AvgIpc) is 2.09. The maximum atomic E-state index is 6.08. The molecule has 0 radical (unpaired) electrons. The second-order valence-electron chi connectivity index (χ2n) is 3.76. The minimum absolute atomic E-state index is 0.213. The summed E-state index contributed by atoms with van der Waals surface area (Å²) in [6, 6.07) is 6.71. The van der Waals surface area contributed by atoms with Crippen molar-refractivity contribution in [2.24, 2.45) is 5.73 Å². The Balaban J connectivity index is 2.91. The molecule has 1 nitrogen and oxygen atoms in total. The number of nitrogens with two attached hydrogens (primary N) is 1. The minimum atomic E-state index is 0.213. The van der Waals surface area contributed by atoms with E-state index in [0.29, 0.717) is 0 Å². The van der Waals surface area contributed by atoms with Crippen molar-refractivity contribution in [2.75, 3.05) is 0 Å². The van der Waals surface area contributed by atoms with Gasteiger partial charge in [0, 0.05) is 6.04 Å². The van der Waals surface area contributed by atoms with Gasteiger partial charge in [-0.25, -0.2) is 0 Å². The van der Waals surface area contributed by atoms with Crippen LogP contribution in [-0.2, 0) is 0 Å². The van der Waals surface area contributed by atoms with E-state index >= 15 is 0 Å². The molecule has 0 aliphatic carbocycles. The van der Waals surface area contributed by atoms with E-state index in [2.05, 4.69) is 39.0 Å². The molecule has 13 heavy (non-hydrogen) atoms. The first-order valence-corrected chi connectivity index (χ1v) is 4.98. The van der Waals surface area contributed by atoms with Gasteiger partial charge in [-0.05, 0) is 31.4 Å². The molecule has 0 spiro atoms. The molecule has 0 bridgehead atoms. The third-order valence-electron chi connectivity index (χ3n) is 2.43. The highest BCUT2D eigenvalue weighted by molar-refractivity contribution is 5.32. The molecule has 0 saturated carbocycles. The fraction of sp³-hybridized carbons (Fsp3) is 0.500. The quantitative estimate of drug-likeness (QED) is 0.754. The summed E-state index contributed by atoms with van der Waals surface area (Å²) in [5, 5.41) is 0. The number of hydrogen-bond donors (Lipinski definition) is 1. The summed E-state index contributed by atoms with van der Waals surface area (Å²) in [6.07, 6.45) is 2.22. The van der Waals surface area contributed by atoms with Crippen molar-refractivity contribution < 1.29 is 0 Å². The third kappa shape index (κ3) is 2.56. The van der Waals surface area contributed by atoms with Crippen LogP contribution in [0.1, 0.15) is 42.5 Å². The molecule has 1 heteroatoms. The first-order valence-electron chi connectivity index (χ1n) is 4.98. The number of aryl methyl sites for hydroxylation is 2. The molecular weight excluding hydrogens is 158 g/mol. The lowest BCUT2D eigenvalue weighted by Gasteiger charge is -2.14. The first kappa shape index (κ1) is 10.3. The van der Waals surface area contributed by atoms with Crippen molar-refractivity contribution in [3.63, 3.8) is 0 Å². The van der Waals surface area contributed by atoms with Crippen LogP contribution in [0.4, 0.5) is 0 Å². The Hall–Kier alpha value is -0.820. The van der Waals surface area contributed by atoms with Crippen molar-refractivity contribution in [2.45, 2.75) is 39.7 Å². The van der Waals surface area contributed by atoms with Gasteiger partial charge in [0.05, 0.1) is 0 Å².